The number of furan rings is 1. The van der Waals surface area contributed by atoms with Crippen LogP contribution in [-0.4, -0.2) is 6.04 Å². The van der Waals surface area contributed by atoms with Gasteiger partial charge in [0.05, 0.1) is 6.04 Å². The Morgan fingerprint density at radius 3 is 2.36 bits per heavy atom. The zero-order chi connectivity index (χ0) is 10.6. The smallest absolute Gasteiger partial charge is 0.120 e. The zero-order valence-corrected chi connectivity index (χ0v) is 9.63. The Balaban J connectivity index is 2.53. The van der Waals surface area contributed by atoms with Crippen molar-refractivity contribution in [3.8, 4) is 0 Å². The summed E-state index contributed by atoms with van der Waals surface area (Å²) in [5, 5.41) is 3.55. The first-order valence-corrected chi connectivity index (χ1v) is 5.49. The summed E-state index contributed by atoms with van der Waals surface area (Å²) in [6.45, 7) is 8.55. The van der Waals surface area contributed by atoms with E-state index in [1.54, 1.807) is 0 Å². The van der Waals surface area contributed by atoms with Gasteiger partial charge in [-0.2, -0.15) is 0 Å². The fraction of sp³-hybridized carbons (Fsp3) is 0.667. The molecule has 14 heavy (non-hydrogen) atoms. The highest BCUT2D eigenvalue weighted by Gasteiger charge is 2.12. The van der Waals surface area contributed by atoms with Crippen molar-refractivity contribution >= 4 is 0 Å². The Morgan fingerprint density at radius 2 is 1.93 bits per heavy atom. The normalized spacial score (nSPS) is 13.5. The van der Waals surface area contributed by atoms with E-state index >= 15 is 0 Å². The predicted octanol–water partition coefficient (Wildman–Crippen LogP) is 3.43. The highest BCUT2D eigenvalue weighted by Crippen LogP contribution is 2.17. The van der Waals surface area contributed by atoms with Crippen LogP contribution in [0.4, 0.5) is 0 Å². The van der Waals surface area contributed by atoms with E-state index in [0.29, 0.717) is 12.1 Å². The summed E-state index contributed by atoms with van der Waals surface area (Å²) in [5.41, 5.74) is 0. The highest BCUT2D eigenvalue weighted by atomic mass is 16.3. The van der Waals surface area contributed by atoms with Crippen molar-refractivity contribution in [2.24, 2.45) is 0 Å². The number of aryl methyl sites for hydroxylation is 1. The summed E-state index contributed by atoms with van der Waals surface area (Å²) in [4.78, 5) is 0. The average Bonchev–Trinajstić information content (AvgIpc) is 2.61. The van der Waals surface area contributed by atoms with Gasteiger partial charge in [-0.3, -0.25) is 0 Å². The number of hydrogen-bond acceptors (Lipinski definition) is 2. The molecule has 1 heterocycles. The van der Waals surface area contributed by atoms with Crippen molar-refractivity contribution in [2.75, 3.05) is 0 Å². The molecule has 0 spiro atoms. The average molecular weight is 195 g/mol. The van der Waals surface area contributed by atoms with E-state index in [4.69, 9.17) is 4.42 Å². The van der Waals surface area contributed by atoms with Gasteiger partial charge in [0, 0.05) is 6.04 Å². The molecule has 0 amide bonds. The number of rotatable bonds is 5. The highest BCUT2D eigenvalue weighted by molar-refractivity contribution is 5.09. The lowest BCUT2D eigenvalue weighted by Gasteiger charge is -2.19. The molecule has 0 aliphatic heterocycles. The minimum Gasteiger partial charge on any atom is -0.465 e. The lowest BCUT2D eigenvalue weighted by molar-refractivity contribution is 0.369. The van der Waals surface area contributed by atoms with Crippen LogP contribution in [0.2, 0.25) is 0 Å². The van der Waals surface area contributed by atoms with E-state index in [1.807, 2.05) is 13.0 Å². The van der Waals surface area contributed by atoms with Crippen LogP contribution in [0.1, 0.15) is 51.2 Å². The van der Waals surface area contributed by atoms with E-state index in [2.05, 4.69) is 32.2 Å². The van der Waals surface area contributed by atoms with Crippen molar-refractivity contribution in [1.82, 2.24) is 5.32 Å². The second-order valence-electron chi connectivity index (χ2n) is 3.85. The van der Waals surface area contributed by atoms with Crippen molar-refractivity contribution in [3.63, 3.8) is 0 Å². The Bertz CT molecular complexity index is 263. The van der Waals surface area contributed by atoms with Crippen LogP contribution in [0.3, 0.4) is 0 Å². The maximum atomic E-state index is 5.57. The summed E-state index contributed by atoms with van der Waals surface area (Å²) in [7, 11) is 0. The molecule has 0 fully saturated rings. The molecule has 2 nitrogen and oxygen atoms in total. The third kappa shape index (κ3) is 2.88. The minimum absolute atomic E-state index is 0.314. The molecule has 0 bridgehead atoms. The Hall–Kier alpha value is -0.760. The number of hydrogen-bond donors (Lipinski definition) is 1. The molecule has 0 radical (unpaired) electrons. The van der Waals surface area contributed by atoms with E-state index in [9.17, 15) is 0 Å². The van der Waals surface area contributed by atoms with Gasteiger partial charge in [-0.25, -0.2) is 0 Å². The maximum absolute atomic E-state index is 5.57. The van der Waals surface area contributed by atoms with Crippen molar-refractivity contribution < 1.29 is 4.42 Å². The molecule has 1 N–H and O–H groups in total. The van der Waals surface area contributed by atoms with Crippen molar-refractivity contribution in [3.05, 3.63) is 23.7 Å². The first kappa shape index (κ1) is 11.3. The second-order valence-corrected chi connectivity index (χ2v) is 3.85. The van der Waals surface area contributed by atoms with Crippen LogP contribution < -0.4 is 5.32 Å². The van der Waals surface area contributed by atoms with Gasteiger partial charge in [0.15, 0.2) is 0 Å². The van der Waals surface area contributed by atoms with Crippen LogP contribution in [-0.2, 0) is 0 Å². The van der Waals surface area contributed by atoms with E-state index in [0.717, 1.165) is 11.5 Å². The predicted molar refractivity (Wildman–Crippen MR) is 59.4 cm³/mol. The summed E-state index contributed by atoms with van der Waals surface area (Å²) in [6.07, 6.45) is 2.33. The molecule has 0 saturated carbocycles. The Labute approximate surface area is 86.7 Å². The van der Waals surface area contributed by atoms with E-state index < -0.39 is 0 Å². The Morgan fingerprint density at radius 1 is 1.29 bits per heavy atom. The van der Waals surface area contributed by atoms with Gasteiger partial charge in [-0.1, -0.05) is 13.8 Å². The molecule has 0 aliphatic rings. The van der Waals surface area contributed by atoms with Crippen LogP contribution in [0.15, 0.2) is 16.5 Å². The molecule has 0 saturated heterocycles. The van der Waals surface area contributed by atoms with E-state index in [-0.39, 0.29) is 0 Å². The van der Waals surface area contributed by atoms with Gasteiger partial charge in [-0.05, 0) is 38.8 Å². The minimum atomic E-state index is 0.314. The van der Waals surface area contributed by atoms with Crippen molar-refractivity contribution in [1.29, 1.82) is 0 Å². The first-order valence-electron chi connectivity index (χ1n) is 5.49. The third-order valence-corrected chi connectivity index (χ3v) is 2.66. The molecule has 2 heteroatoms. The van der Waals surface area contributed by atoms with Gasteiger partial charge in [-0.15, -0.1) is 0 Å². The van der Waals surface area contributed by atoms with Gasteiger partial charge in [0.2, 0.25) is 0 Å². The van der Waals surface area contributed by atoms with Gasteiger partial charge >= 0.3 is 0 Å². The molecule has 1 aromatic rings. The van der Waals surface area contributed by atoms with E-state index in [1.165, 1.54) is 12.8 Å². The summed E-state index contributed by atoms with van der Waals surface area (Å²) in [6, 6.07) is 4.97. The Kier molecular flexibility index (Phi) is 4.21. The summed E-state index contributed by atoms with van der Waals surface area (Å²) in [5.74, 6) is 2.02. The van der Waals surface area contributed by atoms with Crippen LogP contribution >= 0.6 is 0 Å². The maximum Gasteiger partial charge on any atom is 0.120 e. The fourth-order valence-corrected chi connectivity index (χ4v) is 1.65. The lowest BCUT2D eigenvalue weighted by atomic mass is 10.1. The second kappa shape index (κ2) is 5.20. The topological polar surface area (TPSA) is 25.2 Å². The molecule has 1 aromatic heterocycles. The van der Waals surface area contributed by atoms with Crippen LogP contribution in [0.5, 0.6) is 0 Å². The SMILES string of the molecule is CCC(CC)NC(C)c1ccc(C)o1. The molecule has 1 rings (SSSR count). The lowest BCUT2D eigenvalue weighted by Crippen LogP contribution is -2.30. The number of nitrogens with one attached hydrogen (secondary N) is 1. The van der Waals surface area contributed by atoms with Gasteiger partial charge in [0.1, 0.15) is 11.5 Å². The summed E-state index contributed by atoms with van der Waals surface area (Å²) >= 11 is 0. The fourth-order valence-electron chi connectivity index (χ4n) is 1.65. The third-order valence-electron chi connectivity index (χ3n) is 2.66. The largest absolute Gasteiger partial charge is 0.465 e. The zero-order valence-electron chi connectivity index (χ0n) is 9.63. The molecule has 1 atom stereocenters. The standard InChI is InChI=1S/C12H21NO/c1-5-11(6-2)13-10(4)12-8-7-9(3)14-12/h7-8,10-11,13H,5-6H2,1-4H3. The van der Waals surface area contributed by atoms with Gasteiger partial charge in [0.25, 0.3) is 0 Å². The van der Waals surface area contributed by atoms with Crippen LogP contribution in [0, 0.1) is 6.92 Å². The molecule has 80 valence electrons. The monoisotopic (exact) mass is 195 g/mol. The molecule has 0 aromatic carbocycles. The first-order chi connectivity index (χ1) is 6.67. The summed E-state index contributed by atoms with van der Waals surface area (Å²) < 4.78 is 5.57. The molecule has 0 aliphatic carbocycles. The van der Waals surface area contributed by atoms with Crippen LogP contribution in [0.25, 0.3) is 0 Å². The quantitative estimate of drug-likeness (QED) is 0.778. The van der Waals surface area contributed by atoms with Crippen molar-refractivity contribution in [2.45, 2.75) is 52.6 Å². The molecular weight excluding hydrogens is 174 g/mol. The molecular formula is C12H21NO. The molecule has 1 unspecified atom stereocenters. The van der Waals surface area contributed by atoms with Gasteiger partial charge < -0.3 is 9.73 Å².